The zero-order valence-corrected chi connectivity index (χ0v) is 16.2. The average Bonchev–Trinajstić information content (AvgIpc) is 2.58. The Hall–Kier alpha value is -1.40. The van der Waals surface area contributed by atoms with Crippen LogP contribution in [0.5, 0.6) is 0 Å². The number of amides is 1. The molecule has 0 spiro atoms. The summed E-state index contributed by atoms with van der Waals surface area (Å²) in [6.07, 6.45) is 0. The van der Waals surface area contributed by atoms with Crippen LogP contribution >= 0.6 is 46.6 Å². The van der Waals surface area contributed by atoms with Gasteiger partial charge in [-0.2, -0.15) is 0 Å². The molecule has 0 aliphatic heterocycles. The molecular formula is C17H14Cl3NO3S. The number of carbonyl (C=O) groups is 2. The molecule has 2 aromatic rings. The highest BCUT2D eigenvalue weighted by Gasteiger charge is 2.12. The van der Waals surface area contributed by atoms with Crippen LogP contribution in [0.1, 0.15) is 15.9 Å². The second kappa shape index (κ2) is 9.34. The quantitative estimate of drug-likeness (QED) is 0.646. The van der Waals surface area contributed by atoms with Crippen molar-refractivity contribution in [2.75, 3.05) is 18.2 Å². The van der Waals surface area contributed by atoms with Crippen molar-refractivity contribution in [3.05, 3.63) is 62.6 Å². The molecule has 1 N–H and O–H groups in total. The molecule has 0 unspecified atom stereocenters. The van der Waals surface area contributed by atoms with Crippen molar-refractivity contribution in [2.24, 2.45) is 0 Å². The number of nitrogens with one attached hydrogen (secondary N) is 1. The van der Waals surface area contributed by atoms with Crippen molar-refractivity contribution >= 4 is 64.1 Å². The SMILES string of the molecule is COC(=O)c1ccc(Cl)c(NC(=O)CSCc2c(Cl)cccc2Cl)c1. The fourth-order valence-electron chi connectivity index (χ4n) is 1.97. The molecule has 8 heteroatoms. The van der Waals surface area contributed by atoms with Crippen molar-refractivity contribution in [1.29, 1.82) is 0 Å². The predicted octanol–water partition coefficient (Wildman–Crippen LogP) is 5.31. The highest BCUT2D eigenvalue weighted by atomic mass is 35.5. The molecule has 0 atom stereocenters. The Kier molecular flexibility index (Phi) is 7.44. The van der Waals surface area contributed by atoms with E-state index in [4.69, 9.17) is 34.8 Å². The van der Waals surface area contributed by atoms with Crippen molar-refractivity contribution < 1.29 is 14.3 Å². The van der Waals surface area contributed by atoms with Gasteiger partial charge < -0.3 is 10.1 Å². The van der Waals surface area contributed by atoms with E-state index in [-0.39, 0.29) is 11.7 Å². The third-order valence-corrected chi connectivity index (χ3v) is 5.20. The van der Waals surface area contributed by atoms with Gasteiger partial charge in [0.15, 0.2) is 0 Å². The molecule has 2 aromatic carbocycles. The van der Waals surface area contributed by atoms with Gasteiger partial charge in [0, 0.05) is 15.8 Å². The van der Waals surface area contributed by atoms with Gasteiger partial charge in [0.05, 0.1) is 29.1 Å². The summed E-state index contributed by atoms with van der Waals surface area (Å²) in [5, 5.41) is 4.14. The van der Waals surface area contributed by atoms with Crippen LogP contribution < -0.4 is 5.32 Å². The van der Waals surface area contributed by atoms with E-state index in [1.165, 1.54) is 37.1 Å². The maximum Gasteiger partial charge on any atom is 0.337 e. The standard InChI is InChI=1S/C17H14Cl3NO3S/c1-24-17(23)10-5-6-14(20)15(7-10)21-16(22)9-25-8-11-12(18)3-2-4-13(11)19/h2-7H,8-9H2,1H3,(H,21,22). The minimum absolute atomic E-state index is 0.181. The van der Waals surface area contributed by atoms with Crippen molar-refractivity contribution in [3.8, 4) is 0 Å². The summed E-state index contributed by atoms with van der Waals surface area (Å²) >= 11 is 19.6. The van der Waals surface area contributed by atoms with Gasteiger partial charge in [-0.05, 0) is 35.9 Å². The van der Waals surface area contributed by atoms with Crippen LogP contribution in [0, 0.1) is 0 Å². The summed E-state index contributed by atoms with van der Waals surface area (Å²) in [5.74, 6) is -0.0747. The Morgan fingerprint density at radius 3 is 2.40 bits per heavy atom. The largest absolute Gasteiger partial charge is 0.465 e. The summed E-state index contributed by atoms with van der Waals surface area (Å²) in [6.45, 7) is 0. The van der Waals surface area contributed by atoms with Crippen molar-refractivity contribution in [3.63, 3.8) is 0 Å². The normalized spacial score (nSPS) is 10.4. The van der Waals surface area contributed by atoms with Crippen molar-refractivity contribution in [2.45, 2.75) is 5.75 Å². The van der Waals surface area contributed by atoms with E-state index in [0.29, 0.717) is 32.1 Å². The van der Waals surface area contributed by atoms with E-state index in [0.717, 1.165) is 5.56 Å². The van der Waals surface area contributed by atoms with E-state index in [2.05, 4.69) is 10.1 Å². The minimum atomic E-state index is -0.505. The van der Waals surface area contributed by atoms with Crippen LogP contribution in [0.3, 0.4) is 0 Å². The Morgan fingerprint density at radius 2 is 1.76 bits per heavy atom. The van der Waals surface area contributed by atoms with Crippen LogP contribution in [-0.4, -0.2) is 24.7 Å². The summed E-state index contributed by atoms with van der Waals surface area (Å²) in [4.78, 5) is 23.7. The lowest BCUT2D eigenvalue weighted by atomic mass is 10.2. The van der Waals surface area contributed by atoms with Crippen LogP contribution in [0.15, 0.2) is 36.4 Å². The number of rotatable bonds is 6. The fraction of sp³-hybridized carbons (Fsp3) is 0.176. The number of methoxy groups -OCH3 is 1. The minimum Gasteiger partial charge on any atom is -0.465 e. The second-order valence-corrected chi connectivity index (χ2v) is 7.13. The molecule has 0 radical (unpaired) electrons. The molecule has 0 heterocycles. The molecule has 25 heavy (non-hydrogen) atoms. The van der Waals surface area contributed by atoms with Gasteiger partial charge in [-0.3, -0.25) is 4.79 Å². The van der Waals surface area contributed by atoms with E-state index < -0.39 is 5.97 Å². The Bertz CT molecular complexity index is 778. The molecular weight excluding hydrogens is 405 g/mol. The Balaban J connectivity index is 1.95. The summed E-state index contributed by atoms with van der Waals surface area (Å²) in [5.41, 5.74) is 1.44. The molecule has 2 rings (SSSR count). The van der Waals surface area contributed by atoms with Crippen LogP contribution in [0.4, 0.5) is 5.69 Å². The number of halogens is 3. The number of hydrogen-bond acceptors (Lipinski definition) is 4. The van der Waals surface area contributed by atoms with Crippen molar-refractivity contribution in [1.82, 2.24) is 0 Å². The lowest BCUT2D eigenvalue weighted by molar-refractivity contribution is -0.113. The van der Waals surface area contributed by atoms with Gasteiger partial charge >= 0.3 is 5.97 Å². The first kappa shape index (κ1) is 19.9. The lowest BCUT2D eigenvalue weighted by Crippen LogP contribution is -2.15. The molecule has 0 bridgehead atoms. The summed E-state index contributed by atoms with van der Waals surface area (Å²) in [7, 11) is 1.28. The summed E-state index contributed by atoms with van der Waals surface area (Å²) < 4.78 is 4.65. The van der Waals surface area contributed by atoms with Gasteiger partial charge in [-0.15, -0.1) is 11.8 Å². The second-order valence-electron chi connectivity index (χ2n) is 4.93. The van der Waals surface area contributed by atoms with Gasteiger partial charge in [-0.1, -0.05) is 40.9 Å². The molecule has 0 fully saturated rings. The first-order chi connectivity index (χ1) is 11.9. The highest BCUT2D eigenvalue weighted by molar-refractivity contribution is 7.99. The fourth-order valence-corrected chi connectivity index (χ4v) is 3.70. The Morgan fingerprint density at radius 1 is 1.08 bits per heavy atom. The number of esters is 1. The molecule has 4 nitrogen and oxygen atoms in total. The third kappa shape index (κ3) is 5.54. The lowest BCUT2D eigenvalue weighted by Gasteiger charge is -2.10. The van der Waals surface area contributed by atoms with Gasteiger partial charge in [0.2, 0.25) is 5.91 Å². The molecule has 1 amide bonds. The third-order valence-electron chi connectivity index (χ3n) is 3.20. The number of anilines is 1. The van der Waals surface area contributed by atoms with Gasteiger partial charge in [0.1, 0.15) is 0 Å². The van der Waals surface area contributed by atoms with Crippen LogP contribution in [-0.2, 0) is 15.3 Å². The van der Waals surface area contributed by atoms with E-state index in [9.17, 15) is 9.59 Å². The Labute approximate surface area is 164 Å². The number of ether oxygens (including phenoxy) is 1. The van der Waals surface area contributed by atoms with E-state index in [1.807, 2.05) is 0 Å². The average molecular weight is 419 g/mol. The molecule has 132 valence electrons. The number of hydrogen-bond donors (Lipinski definition) is 1. The number of carbonyl (C=O) groups excluding carboxylic acids is 2. The topological polar surface area (TPSA) is 55.4 Å². The zero-order chi connectivity index (χ0) is 18.4. The molecule has 0 saturated heterocycles. The van der Waals surface area contributed by atoms with Gasteiger partial charge in [0.25, 0.3) is 0 Å². The maximum absolute atomic E-state index is 12.1. The van der Waals surface area contributed by atoms with Crippen LogP contribution in [0.2, 0.25) is 15.1 Å². The predicted molar refractivity (Wildman–Crippen MR) is 104 cm³/mol. The first-order valence-corrected chi connectivity index (χ1v) is 9.39. The highest BCUT2D eigenvalue weighted by Crippen LogP contribution is 2.28. The summed E-state index contributed by atoms with van der Waals surface area (Å²) in [6, 6.07) is 9.80. The van der Waals surface area contributed by atoms with Gasteiger partial charge in [-0.25, -0.2) is 4.79 Å². The maximum atomic E-state index is 12.1. The monoisotopic (exact) mass is 417 g/mol. The molecule has 0 aromatic heterocycles. The smallest absolute Gasteiger partial charge is 0.337 e. The first-order valence-electron chi connectivity index (χ1n) is 7.10. The zero-order valence-electron chi connectivity index (χ0n) is 13.1. The van der Waals surface area contributed by atoms with E-state index >= 15 is 0 Å². The number of benzene rings is 2. The number of thioether (sulfide) groups is 1. The van der Waals surface area contributed by atoms with Crippen LogP contribution in [0.25, 0.3) is 0 Å². The molecule has 0 aliphatic carbocycles. The molecule has 0 aliphatic rings. The van der Waals surface area contributed by atoms with E-state index in [1.54, 1.807) is 18.2 Å². The molecule has 0 saturated carbocycles.